The fourth-order valence-corrected chi connectivity index (χ4v) is 2.55. The van der Waals surface area contributed by atoms with E-state index in [9.17, 15) is 4.21 Å². The molecule has 0 saturated carbocycles. The van der Waals surface area contributed by atoms with E-state index in [4.69, 9.17) is 11.6 Å². The highest BCUT2D eigenvalue weighted by Gasteiger charge is 2.11. The van der Waals surface area contributed by atoms with Gasteiger partial charge in [-0.05, 0) is 22.0 Å². The van der Waals surface area contributed by atoms with Gasteiger partial charge in [0.25, 0.3) is 0 Å². The number of alkyl halides is 1. The molecule has 2 rings (SSSR count). The van der Waals surface area contributed by atoms with Crippen LogP contribution in [0.2, 0.25) is 0 Å². The molecule has 92 valence electrons. The molecule has 2 aromatic rings. The minimum absolute atomic E-state index is 0.324. The van der Waals surface area contributed by atoms with Crippen LogP contribution < -0.4 is 0 Å². The van der Waals surface area contributed by atoms with E-state index in [0.29, 0.717) is 18.2 Å². The van der Waals surface area contributed by atoms with Gasteiger partial charge >= 0.3 is 0 Å². The van der Waals surface area contributed by atoms with E-state index in [1.165, 1.54) is 0 Å². The summed E-state index contributed by atoms with van der Waals surface area (Å²) in [5.41, 5.74) is 1.59. The molecular formula is C10H11BrClN3OS. The molecule has 4 nitrogen and oxygen atoms in total. The molecule has 0 N–H and O–H groups in total. The molecule has 0 aromatic carbocycles. The second-order valence-corrected chi connectivity index (χ2v) is 6.32. The van der Waals surface area contributed by atoms with Crippen LogP contribution in [0.25, 0.3) is 11.2 Å². The SMILES string of the molecule is CS(=O)CCn1c(CCl)nc2cc(Br)cnc21. The summed E-state index contributed by atoms with van der Waals surface area (Å²) in [7, 11) is -0.836. The standard InChI is InChI=1S/C10H11BrClN3OS/c1-17(16)3-2-15-9(5-12)14-8-4-7(11)6-13-10(8)15/h4,6H,2-3,5H2,1H3. The molecule has 0 amide bonds. The third-order valence-corrected chi connectivity index (χ3v) is 3.78. The van der Waals surface area contributed by atoms with Crippen LogP contribution in [0.3, 0.4) is 0 Å². The quantitative estimate of drug-likeness (QED) is 0.805. The van der Waals surface area contributed by atoms with E-state index in [1.54, 1.807) is 12.5 Å². The molecule has 7 heteroatoms. The summed E-state index contributed by atoms with van der Waals surface area (Å²) in [4.78, 5) is 8.73. The van der Waals surface area contributed by atoms with Crippen molar-refractivity contribution in [1.29, 1.82) is 0 Å². The number of halogens is 2. The lowest BCUT2D eigenvalue weighted by atomic mass is 10.4. The first-order valence-corrected chi connectivity index (χ1v) is 8.04. The Balaban J connectivity index is 2.47. The van der Waals surface area contributed by atoms with Gasteiger partial charge in [0.15, 0.2) is 5.65 Å². The number of imidazole rings is 1. The zero-order valence-corrected chi connectivity index (χ0v) is 12.3. The predicted octanol–water partition coefficient (Wildman–Crippen LogP) is 2.31. The Labute approximate surface area is 115 Å². The van der Waals surface area contributed by atoms with Crippen molar-refractivity contribution in [3.05, 3.63) is 22.6 Å². The van der Waals surface area contributed by atoms with Crippen LogP contribution >= 0.6 is 27.5 Å². The van der Waals surface area contributed by atoms with E-state index in [0.717, 1.165) is 21.5 Å². The summed E-state index contributed by atoms with van der Waals surface area (Å²) in [6.45, 7) is 0.621. The molecule has 0 saturated heterocycles. The topological polar surface area (TPSA) is 47.8 Å². The third-order valence-electron chi connectivity index (χ3n) is 2.35. The highest BCUT2D eigenvalue weighted by atomic mass is 79.9. The van der Waals surface area contributed by atoms with Crippen molar-refractivity contribution >= 4 is 49.5 Å². The van der Waals surface area contributed by atoms with Crippen LogP contribution in [0.5, 0.6) is 0 Å². The molecule has 0 radical (unpaired) electrons. The monoisotopic (exact) mass is 335 g/mol. The van der Waals surface area contributed by atoms with E-state index in [2.05, 4.69) is 25.9 Å². The zero-order chi connectivity index (χ0) is 12.4. The van der Waals surface area contributed by atoms with Crippen LogP contribution in [0.1, 0.15) is 5.82 Å². The number of fused-ring (bicyclic) bond motifs is 1. The Hall–Kier alpha value is -0.460. The summed E-state index contributed by atoms with van der Waals surface area (Å²) in [5.74, 6) is 1.66. The number of pyridine rings is 1. The van der Waals surface area contributed by atoms with Gasteiger partial charge in [-0.15, -0.1) is 11.6 Å². The van der Waals surface area contributed by atoms with Crippen LogP contribution in [0.4, 0.5) is 0 Å². The number of nitrogens with zero attached hydrogens (tertiary/aromatic N) is 3. The average Bonchev–Trinajstić information content (AvgIpc) is 2.63. The largest absolute Gasteiger partial charge is 0.311 e. The summed E-state index contributed by atoms with van der Waals surface area (Å²) >= 11 is 9.22. The van der Waals surface area contributed by atoms with Crippen molar-refractivity contribution in [2.45, 2.75) is 12.4 Å². The van der Waals surface area contributed by atoms with Crippen molar-refractivity contribution in [1.82, 2.24) is 14.5 Å². The van der Waals surface area contributed by atoms with E-state index in [-0.39, 0.29) is 0 Å². The van der Waals surface area contributed by atoms with Crippen molar-refractivity contribution in [3.8, 4) is 0 Å². The summed E-state index contributed by atoms with van der Waals surface area (Å²) in [6.07, 6.45) is 3.41. The van der Waals surface area contributed by atoms with Crippen LogP contribution in [0, 0.1) is 0 Å². The van der Waals surface area contributed by atoms with E-state index >= 15 is 0 Å². The molecule has 2 aromatic heterocycles. The lowest BCUT2D eigenvalue weighted by molar-refractivity contribution is 0.675. The van der Waals surface area contributed by atoms with Gasteiger partial charge in [0, 0.05) is 40.0 Å². The highest BCUT2D eigenvalue weighted by Crippen LogP contribution is 2.19. The number of aryl methyl sites for hydroxylation is 1. The van der Waals surface area contributed by atoms with Gasteiger partial charge in [-0.1, -0.05) is 0 Å². The minimum atomic E-state index is -0.836. The van der Waals surface area contributed by atoms with Gasteiger partial charge in [0.2, 0.25) is 0 Å². The first-order valence-electron chi connectivity index (χ1n) is 4.98. The number of rotatable bonds is 4. The Morgan fingerprint density at radius 2 is 2.35 bits per heavy atom. The first-order chi connectivity index (χ1) is 8.11. The molecular weight excluding hydrogens is 326 g/mol. The highest BCUT2D eigenvalue weighted by molar-refractivity contribution is 9.10. The van der Waals surface area contributed by atoms with Crippen LogP contribution in [0.15, 0.2) is 16.7 Å². The van der Waals surface area contributed by atoms with Gasteiger partial charge in [0.05, 0.1) is 5.88 Å². The lowest BCUT2D eigenvalue weighted by Gasteiger charge is -2.05. The van der Waals surface area contributed by atoms with Gasteiger partial charge < -0.3 is 4.57 Å². The Kier molecular flexibility index (Phi) is 4.17. The lowest BCUT2D eigenvalue weighted by Crippen LogP contribution is -2.09. The average molecular weight is 337 g/mol. The molecule has 0 aliphatic heterocycles. The van der Waals surface area contributed by atoms with Gasteiger partial charge in [-0.3, -0.25) is 4.21 Å². The molecule has 2 heterocycles. The predicted molar refractivity (Wildman–Crippen MR) is 73.7 cm³/mol. The van der Waals surface area contributed by atoms with Crippen molar-refractivity contribution < 1.29 is 4.21 Å². The van der Waals surface area contributed by atoms with Gasteiger partial charge in [-0.2, -0.15) is 0 Å². The molecule has 0 spiro atoms. The molecule has 1 unspecified atom stereocenters. The molecule has 0 aliphatic carbocycles. The summed E-state index contributed by atoms with van der Waals surface area (Å²) < 4.78 is 14.0. The number of hydrogen-bond acceptors (Lipinski definition) is 3. The molecule has 0 aliphatic rings. The number of hydrogen-bond donors (Lipinski definition) is 0. The molecule has 1 atom stereocenters. The molecule has 0 bridgehead atoms. The fourth-order valence-electron chi connectivity index (χ4n) is 1.59. The van der Waals surface area contributed by atoms with Crippen LogP contribution in [-0.2, 0) is 23.2 Å². The molecule has 0 fully saturated rings. The smallest absolute Gasteiger partial charge is 0.160 e. The summed E-state index contributed by atoms with van der Waals surface area (Å²) in [6, 6.07) is 1.90. The fraction of sp³-hybridized carbons (Fsp3) is 0.400. The van der Waals surface area contributed by atoms with Crippen molar-refractivity contribution in [2.24, 2.45) is 0 Å². The zero-order valence-electron chi connectivity index (χ0n) is 9.19. The van der Waals surface area contributed by atoms with Crippen molar-refractivity contribution in [3.63, 3.8) is 0 Å². The maximum absolute atomic E-state index is 11.1. The third kappa shape index (κ3) is 2.86. The summed E-state index contributed by atoms with van der Waals surface area (Å²) in [5, 5.41) is 0. The number of aromatic nitrogens is 3. The minimum Gasteiger partial charge on any atom is -0.311 e. The molecule has 17 heavy (non-hydrogen) atoms. The second-order valence-electron chi connectivity index (χ2n) is 3.59. The Morgan fingerprint density at radius 3 is 3.00 bits per heavy atom. The van der Waals surface area contributed by atoms with Gasteiger partial charge in [-0.25, -0.2) is 9.97 Å². The maximum Gasteiger partial charge on any atom is 0.160 e. The maximum atomic E-state index is 11.1. The van der Waals surface area contributed by atoms with E-state index < -0.39 is 10.8 Å². The normalized spacial score (nSPS) is 13.1. The Morgan fingerprint density at radius 1 is 1.59 bits per heavy atom. The van der Waals surface area contributed by atoms with Crippen LogP contribution in [-0.4, -0.2) is 30.8 Å². The first kappa shape index (κ1) is 13.0. The second kappa shape index (κ2) is 5.46. The van der Waals surface area contributed by atoms with E-state index in [1.807, 2.05) is 10.6 Å². The van der Waals surface area contributed by atoms with Crippen molar-refractivity contribution in [2.75, 3.05) is 12.0 Å². The Bertz CT molecular complexity index is 572. The van der Waals surface area contributed by atoms with Gasteiger partial charge in [0.1, 0.15) is 11.3 Å².